The molecule has 38 valence electrons. The smallest absolute Gasteiger partial charge is 0.391 e. The lowest BCUT2D eigenvalue weighted by Crippen LogP contribution is -2.38. The highest BCUT2D eigenvalue weighted by Crippen LogP contribution is 1.78. The van der Waals surface area contributed by atoms with Crippen molar-refractivity contribution < 1.29 is 8.94 Å². The van der Waals surface area contributed by atoms with E-state index in [1.165, 1.54) is 0 Å². The van der Waals surface area contributed by atoms with Gasteiger partial charge < -0.3 is 8.94 Å². The molecule has 0 aromatic carbocycles. The van der Waals surface area contributed by atoms with Crippen molar-refractivity contribution >= 4 is 9.92 Å². The summed E-state index contributed by atoms with van der Waals surface area (Å²) in [7, 11) is 5.17. The van der Waals surface area contributed by atoms with Crippen LogP contribution >= 0.6 is 0 Å². The lowest BCUT2D eigenvalue weighted by Gasteiger charge is -2.20. The van der Waals surface area contributed by atoms with E-state index in [9.17, 15) is 0 Å². The number of hydrogen-bond donors (Lipinski definition) is 1. The van der Waals surface area contributed by atoms with E-state index in [-0.39, 0.29) is 0 Å². The van der Waals surface area contributed by atoms with Crippen LogP contribution in [-0.4, -0.2) is 40.0 Å². The van der Waals surface area contributed by atoms with E-state index in [1.807, 2.05) is 21.1 Å². The van der Waals surface area contributed by atoms with Gasteiger partial charge in [0.05, 0.1) is 21.1 Å². The monoisotopic (exact) mass is 106 g/mol. The molecule has 0 rings (SSSR count). The number of hydrogen-bond acceptors (Lipinski definition) is 1. The van der Waals surface area contributed by atoms with Crippen LogP contribution in [0.3, 0.4) is 0 Å². The molecule has 0 bridgehead atoms. The Labute approximate surface area is 41.0 Å². The van der Waals surface area contributed by atoms with Crippen molar-refractivity contribution in [2.24, 2.45) is 0 Å². The van der Waals surface area contributed by atoms with E-state index in [4.69, 9.17) is 4.80 Å². The zero-order chi connectivity index (χ0) is 5.21. The van der Waals surface area contributed by atoms with Gasteiger partial charge >= 0.3 is 9.92 Å². The second kappa shape index (κ2) is 1.73. The molecular formula is C3H12NOSi+. The minimum atomic E-state index is -0.810. The lowest BCUT2D eigenvalue weighted by molar-refractivity contribution is -0.762. The van der Waals surface area contributed by atoms with Crippen molar-refractivity contribution in [3.63, 3.8) is 0 Å². The first-order valence-electron chi connectivity index (χ1n) is 1.97. The summed E-state index contributed by atoms with van der Waals surface area (Å²) in [6.45, 7) is 0. The largest absolute Gasteiger partial charge is 0.402 e. The summed E-state index contributed by atoms with van der Waals surface area (Å²) < 4.78 is 0.764. The van der Waals surface area contributed by atoms with Gasteiger partial charge in [0.2, 0.25) is 0 Å². The van der Waals surface area contributed by atoms with Crippen molar-refractivity contribution in [2.75, 3.05) is 21.1 Å². The minimum absolute atomic E-state index is 0.764. The highest BCUT2D eigenvalue weighted by molar-refractivity contribution is 6.14. The number of nitrogens with zero attached hydrogens (tertiary/aromatic N) is 1. The van der Waals surface area contributed by atoms with Crippen LogP contribution in [-0.2, 0) is 0 Å². The van der Waals surface area contributed by atoms with Crippen molar-refractivity contribution in [3.8, 4) is 0 Å². The third-order valence-corrected chi connectivity index (χ3v) is 1.27. The number of rotatable bonds is 1. The normalized spacial score (nSPS) is 14.0. The summed E-state index contributed by atoms with van der Waals surface area (Å²) >= 11 is 0. The van der Waals surface area contributed by atoms with Gasteiger partial charge in [-0.2, -0.15) is 0 Å². The molecule has 0 amide bonds. The fourth-order valence-corrected chi connectivity index (χ4v) is 0. The maximum atomic E-state index is 8.51. The van der Waals surface area contributed by atoms with Gasteiger partial charge in [0.1, 0.15) is 0 Å². The molecule has 0 fully saturated rings. The molecule has 0 radical (unpaired) electrons. The molecule has 6 heavy (non-hydrogen) atoms. The Bertz CT molecular complexity index is 40.5. The Morgan fingerprint density at radius 1 is 1.33 bits per heavy atom. The first-order valence-corrected chi connectivity index (χ1v) is 3.24. The molecule has 0 spiro atoms. The van der Waals surface area contributed by atoms with Gasteiger partial charge in [-0.05, 0) is 0 Å². The molecule has 0 aromatic rings. The fraction of sp³-hybridized carbons (Fsp3) is 1.00. The maximum absolute atomic E-state index is 8.51. The molecular weight excluding hydrogens is 94.1 g/mol. The van der Waals surface area contributed by atoms with Crippen LogP contribution in [0.15, 0.2) is 0 Å². The van der Waals surface area contributed by atoms with Gasteiger partial charge in [0, 0.05) is 0 Å². The third kappa shape index (κ3) is 4.14. The summed E-state index contributed by atoms with van der Waals surface area (Å²) in [4.78, 5) is 8.51. The first-order chi connectivity index (χ1) is 2.56. The van der Waals surface area contributed by atoms with Crippen LogP contribution in [0.2, 0.25) is 0 Å². The Kier molecular flexibility index (Phi) is 1.77. The molecule has 0 aromatic heterocycles. The Hall–Kier alpha value is 0.137. The summed E-state index contributed by atoms with van der Waals surface area (Å²) in [6.07, 6.45) is 0. The Morgan fingerprint density at radius 3 is 1.50 bits per heavy atom. The van der Waals surface area contributed by atoms with Gasteiger partial charge in [-0.1, -0.05) is 0 Å². The summed E-state index contributed by atoms with van der Waals surface area (Å²) in [5.41, 5.74) is 0. The minimum Gasteiger partial charge on any atom is -0.391 e. The third-order valence-electron chi connectivity index (χ3n) is 0.424. The molecule has 0 unspecified atom stereocenters. The van der Waals surface area contributed by atoms with Gasteiger partial charge in [-0.15, -0.1) is 0 Å². The standard InChI is InChI=1S/C3H12NOSi/c1-4(2,3)6-5/h5H,6H2,1-3H3/q+1. The average Bonchev–Trinajstić information content (AvgIpc) is 1.35. The van der Waals surface area contributed by atoms with Gasteiger partial charge in [0.25, 0.3) is 0 Å². The van der Waals surface area contributed by atoms with Crippen molar-refractivity contribution in [3.05, 3.63) is 0 Å². The summed E-state index contributed by atoms with van der Waals surface area (Å²) in [5, 5.41) is 0. The topological polar surface area (TPSA) is 20.2 Å². The van der Waals surface area contributed by atoms with Crippen molar-refractivity contribution in [1.29, 1.82) is 0 Å². The van der Waals surface area contributed by atoms with Crippen LogP contribution in [0.5, 0.6) is 0 Å². The van der Waals surface area contributed by atoms with Crippen LogP contribution in [0.25, 0.3) is 0 Å². The molecule has 0 heterocycles. The zero-order valence-corrected chi connectivity index (χ0v) is 6.02. The summed E-state index contributed by atoms with van der Waals surface area (Å²) in [6, 6.07) is 0. The predicted molar refractivity (Wildman–Crippen MR) is 28.8 cm³/mol. The van der Waals surface area contributed by atoms with E-state index >= 15 is 0 Å². The molecule has 0 saturated heterocycles. The Balaban J connectivity index is 3.17. The molecule has 1 N–H and O–H groups in total. The van der Waals surface area contributed by atoms with Gasteiger partial charge in [-0.25, -0.2) is 0 Å². The maximum Gasteiger partial charge on any atom is 0.402 e. The highest BCUT2D eigenvalue weighted by atomic mass is 28.2. The second-order valence-corrected chi connectivity index (χ2v) is 4.61. The first kappa shape index (κ1) is 6.14. The van der Waals surface area contributed by atoms with E-state index in [0.717, 1.165) is 4.15 Å². The molecule has 2 nitrogen and oxygen atoms in total. The van der Waals surface area contributed by atoms with E-state index in [1.54, 1.807) is 0 Å². The van der Waals surface area contributed by atoms with Gasteiger partial charge in [-0.3, -0.25) is 0 Å². The lowest BCUT2D eigenvalue weighted by atomic mass is 11.0. The second-order valence-electron chi connectivity index (χ2n) is 2.43. The van der Waals surface area contributed by atoms with Gasteiger partial charge in [0.15, 0.2) is 0 Å². The van der Waals surface area contributed by atoms with Crippen LogP contribution in [0.4, 0.5) is 0 Å². The molecule has 3 heteroatoms. The summed E-state index contributed by atoms with van der Waals surface area (Å²) in [5.74, 6) is 0. The molecule has 0 aliphatic rings. The molecule has 0 atom stereocenters. The Morgan fingerprint density at radius 2 is 1.50 bits per heavy atom. The number of quaternary nitrogens is 1. The van der Waals surface area contributed by atoms with Crippen LogP contribution < -0.4 is 0 Å². The molecule has 0 aliphatic carbocycles. The molecule has 0 saturated carbocycles. The van der Waals surface area contributed by atoms with Crippen molar-refractivity contribution in [1.82, 2.24) is 0 Å². The fourth-order valence-electron chi connectivity index (χ4n) is 0. The van der Waals surface area contributed by atoms with E-state index < -0.39 is 9.92 Å². The van der Waals surface area contributed by atoms with Crippen LogP contribution in [0.1, 0.15) is 0 Å². The van der Waals surface area contributed by atoms with E-state index in [0.29, 0.717) is 0 Å². The SMILES string of the molecule is C[N+](C)(C)[SiH2]O. The quantitative estimate of drug-likeness (QED) is 0.411. The molecule has 0 aliphatic heterocycles. The highest BCUT2D eigenvalue weighted by Gasteiger charge is 2.01. The zero-order valence-electron chi connectivity index (χ0n) is 4.60. The predicted octanol–water partition coefficient (Wildman–Crippen LogP) is -1.32. The average molecular weight is 106 g/mol. The van der Waals surface area contributed by atoms with Crippen LogP contribution in [0, 0.1) is 0 Å². The van der Waals surface area contributed by atoms with Crippen molar-refractivity contribution in [2.45, 2.75) is 0 Å². The van der Waals surface area contributed by atoms with E-state index in [2.05, 4.69) is 0 Å².